The second kappa shape index (κ2) is 6.61. The SMILES string of the molecule is CNC(OS(=O)(=O)c1ccc(C)cc1)C(O)(NC)NC. The molecule has 8 heteroatoms. The molecule has 0 saturated carbocycles. The largest absolute Gasteiger partial charge is 0.360 e. The molecule has 0 fully saturated rings. The minimum absolute atomic E-state index is 0.0258. The van der Waals surface area contributed by atoms with E-state index in [-0.39, 0.29) is 4.90 Å². The van der Waals surface area contributed by atoms with Crippen molar-refractivity contribution in [3.8, 4) is 0 Å². The molecule has 0 radical (unpaired) electrons. The predicted octanol–water partition coefficient (Wildman–Crippen LogP) is -0.669. The van der Waals surface area contributed by atoms with E-state index in [1.807, 2.05) is 6.92 Å². The molecule has 1 unspecified atom stereocenters. The van der Waals surface area contributed by atoms with Crippen molar-refractivity contribution in [2.75, 3.05) is 21.1 Å². The van der Waals surface area contributed by atoms with Gasteiger partial charge >= 0.3 is 0 Å². The average molecular weight is 303 g/mol. The summed E-state index contributed by atoms with van der Waals surface area (Å²) < 4.78 is 29.4. The summed E-state index contributed by atoms with van der Waals surface area (Å²) in [5.41, 5.74) is 0.941. The normalized spacial score (nSPS) is 14.2. The second-order valence-corrected chi connectivity index (χ2v) is 5.87. The first-order valence-electron chi connectivity index (χ1n) is 6.06. The molecule has 0 bridgehead atoms. The van der Waals surface area contributed by atoms with Gasteiger partial charge in [0.25, 0.3) is 10.1 Å². The van der Waals surface area contributed by atoms with Crippen LogP contribution in [-0.4, -0.2) is 46.7 Å². The van der Waals surface area contributed by atoms with Gasteiger partial charge in [0.2, 0.25) is 5.85 Å². The number of rotatable bonds is 7. The molecule has 1 atom stereocenters. The van der Waals surface area contributed by atoms with Crippen LogP contribution in [0.2, 0.25) is 0 Å². The predicted molar refractivity (Wildman–Crippen MR) is 75.4 cm³/mol. The second-order valence-electron chi connectivity index (χ2n) is 4.30. The third kappa shape index (κ3) is 3.75. The molecule has 114 valence electrons. The molecule has 0 aromatic heterocycles. The number of hydrogen-bond acceptors (Lipinski definition) is 7. The van der Waals surface area contributed by atoms with Crippen LogP contribution in [0.25, 0.3) is 0 Å². The van der Waals surface area contributed by atoms with Gasteiger partial charge in [-0.15, -0.1) is 0 Å². The maximum atomic E-state index is 12.2. The first-order valence-corrected chi connectivity index (χ1v) is 7.47. The highest BCUT2D eigenvalue weighted by Crippen LogP contribution is 2.17. The van der Waals surface area contributed by atoms with E-state index in [0.29, 0.717) is 0 Å². The van der Waals surface area contributed by atoms with E-state index in [4.69, 9.17) is 4.18 Å². The van der Waals surface area contributed by atoms with E-state index < -0.39 is 22.2 Å². The fourth-order valence-electron chi connectivity index (χ4n) is 1.60. The Morgan fingerprint density at radius 1 is 1.15 bits per heavy atom. The lowest BCUT2D eigenvalue weighted by molar-refractivity contribution is -0.110. The first kappa shape index (κ1) is 17.0. The van der Waals surface area contributed by atoms with Crippen LogP contribution in [0.3, 0.4) is 0 Å². The van der Waals surface area contributed by atoms with Crippen LogP contribution in [0.1, 0.15) is 5.56 Å². The molecular formula is C12H21N3O4S. The highest BCUT2D eigenvalue weighted by atomic mass is 32.2. The Balaban J connectivity index is 3.02. The number of hydrogen-bond donors (Lipinski definition) is 4. The van der Waals surface area contributed by atoms with Crippen molar-refractivity contribution in [1.82, 2.24) is 16.0 Å². The van der Waals surface area contributed by atoms with Crippen LogP contribution in [0, 0.1) is 6.92 Å². The number of aryl methyl sites for hydroxylation is 1. The van der Waals surface area contributed by atoms with Gasteiger partial charge in [0.1, 0.15) is 0 Å². The van der Waals surface area contributed by atoms with Gasteiger partial charge in [-0.25, -0.2) is 4.18 Å². The van der Waals surface area contributed by atoms with Gasteiger partial charge in [0.05, 0.1) is 4.90 Å². The lowest BCUT2D eigenvalue weighted by atomic mass is 10.2. The van der Waals surface area contributed by atoms with Crippen molar-refractivity contribution in [2.24, 2.45) is 0 Å². The zero-order valence-electron chi connectivity index (χ0n) is 12.0. The van der Waals surface area contributed by atoms with Gasteiger partial charge < -0.3 is 5.11 Å². The molecule has 0 aliphatic carbocycles. The maximum Gasteiger partial charge on any atom is 0.298 e. The quantitative estimate of drug-likeness (QED) is 0.391. The maximum absolute atomic E-state index is 12.2. The van der Waals surface area contributed by atoms with E-state index in [9.17, 15) is 13.5 Å². The fraction of sp³-hybridized carbons (Fsp3) is 0.500. The summed E-state index contributed by atoms with van der Waals surface area (Å²) in [5.74, 6) is -1.73. The third-order valence-corrected chi connectivity index (χ3v) is 4.23. The lowest BCUT2D eigenvalue weighted by Gasteiger charge is -2.34. The molecule has 0 aliphatic rings. The Bertz CT molecular complexity index is 526. The van der Waals surface area contributed by atoms with Crippen LogP contribution < -0.4 is 16.0 Å². The Morgan fingerprint density at radius 3 is 2.05 bits per heavy atom. The summed E-state index contributed by atoms with van der Waals surface area (Å²) >= 11 is 0. The summed E-state index contributed by atoms with van der Waals surface area (Å²) in [6, 6.07) is 6.25. The third-order valence-electron chi connectivity index (χ3n) is 2.94. The molecule has 1 aromatic carbocycles. The van der Waals surface area contributed by atoms with E-state index >= 15 is 0 Å². The van der Waals surface area contributed by atoms with Crippen LogP contribution in [0.5, 0.6) is 0 Å². The number of likely N-dealkylation sites (N-methyl/N-ethyl adjacent to an activating group) is 3. The molecule has 0 saturated heterocycles. The highest BCUT2D eigenvalue weighted by molar-refractivity contribution is 7.86. The summed E-state index contributed by atoms with van der Waals surface area (Å²) in [4.78, 5) is 0.0258. The molecule has 0 heterocycles. The number of nitrogens with one attached hydrogen (secondary N) is 3. The molecule has 0 aliphatic heterocycles. The van der Waals surface area contributed by atoms with Crippen LogP contribution in [0.15, 0.2) is 29.2 Å². The van der Waals surface area contributed by atoms with Gasteiger partial charge in [0.15, 0.2) is 6.23 Å². The van der Waals surface area contributed by atoms with Crippen molar-refractivity contribution in [3.05, 3.63) is 29.8 Å². The number of aliphatic hydroxyl groups is 1. The van der Waals surface area contributed by atoms with Crippen molar-refractivity contribution in [1.29, 1.82) is 0 Å². The molecule has 1 rings (SSSR count). The van der Waals surface area contributed by atoms with Crippen LogP contribution in [-0.2, 0) is 14.3 Å². The Kier molecular flexibility index (Phi) is 5.63. The Hall–Kier alpha value is -1.03. The average Bonchev–Trinajstić information content (AvgIpc) is 2.44. The standard InChI is InChI=1S/C12H21N3O4S/c1-9-5-7-10(8-6-9)20(17,18)19-11(13-2)12(16,14-3)15-4/h5-8,11,13-16H,1-4H3. The molecular weight excluding hydrogens is 282 g/mol. The summed E-state index contributed by atoms with van der Waals surface area (Å²) in [6.07, 6.45) is -1.20. The van der Waals surface area contributed by atoms with Gasteiger partial charge in [-0.2, -0.15) is 8.42 Å². The molecule has 20 heavy (non-hydrogen) atoms. The fourth-order valence-corrected chi connectivity index (χ4v) is 2.67. The van der Waals surface area contributed by atoms with E-state index in [2.05, 4.69) is 16.0 Å². The minimum atomic E-state index is -3.99. The van der Waals surface area contributed by atoms with Gasteiger partial charge in [-0.05, 0) is 40.2 Å². The Morgan fingerprint density at radius 2 is 1.65 bits per heavy atom. The van der Waals surface area contributed by atoms with E-state index in [1.165, 1.54) is 33.3 Å². The van der Waals surface area contributed by atoms with Crippen molar-refractivity contribution >= 4 is 10.1 Å². The molecule has 0 amide bonds. The van der Waals surface area contributed by atoms with E-state index in [0.717, 1.165) is 5.56 Å². The summed E-state index contributed by atoms with van der Waals surface area (Å²) in [6.45, 7) is 1.86. The molecule has 0 spiro atoms. The molecule has 7 nitrogen and oxygen atoms in total. The van der Waals surface area contributed by atoms with Crippen molar-refractivity contribution in [2.45, 2.75) is 23.9 Å². The summed E-state index contributed by atoms with van der Waals surface area (Å²) in [7, 11) is 0.437. The smallest absolute Gasteiger partial charge is 0.298 e. The Labute approximate surface area is 119 Å². The van der Waals surface area contributed by atoms with E-state index in [1.54, 1.807) is 12.1 Å². The van der Waals surface area contributed by atoms with Gasteiger partial charge in [-0.1, -0.05) is 17.7 Å². The highest BCUT2D eigenvalue weighted by Gasteiger charge is 2.37. The molecule has 1 aromatic rings. The minimum Gasteiger partial charge on any atom is -0.360 e. The van der Waals surface area contributed by atoms with Gasteiger partial charge in [-0.3, -0.25) is 16.0 Å². The zero-order valence-corrected chi connectivity index (χ0v) is 12.8. The van der Waals surface area contributed by atoms with Crippen molar-refractivity contribution in [3.63, 3.8) is 0 Å². The monoisotopic (exact) mass is 303 g/mol. The first-order chi connectivity index (χ1) is 9.29. The molecule has 4 N–H and O–H groups in total. The van der Waals surface area contributed by atoms with Crippen LogP contribution in [0.4, 0.5) is 0 Å². The topological polar surface area (TPSA) is 99.7 Å². The van der Waals surface area contributed by atoms with Gasteiger partial charge in [0, 0.05) is 0 Å². The number of benzene rings is 1. The lowest BCUT2D eigenvalue weighted by Crippen LogP contribution is -2.67. The zero-order chi connectivity index (χ0) is 15.4. The van der Waals surface area contributed by atoms with Crippen molar-refractivity contribution < 1.29 is 17.7 Å². The van der Waals surface area contributed by atoms with Crippen LogP contribution >= 0.6 is 0 Å². The summed E-state index contributed by atoms with van der Waals surface area (Å²) in [5, 5.41) is 17.9.